The van der Waals surface area contributed by atoms with Crippen LogP contribution in [-0.4, -0.2) is 37.2 Å². The predicted octanol–water partition coefficient (Wildman–Crippen LogP) is 2.83. The normalized spacial score (nSPS) is 20.5. The standard InChI is InChI=1S/C18H28N2O/c1-14(2)20-10-7-15(8-11-20)13-21-18-5-3-4-16-12-19-9-6-17(16)18/h3-5,14-15,19H,6-13H2,1-2H3. The average molecular weight is 288 g/mol. The number of hydrogen-bond acceptors (Lipinski definition) is 3. The SMILES string of the molecule is CC(C)N1CCC(COc2cccc3c2CCNC3)CC1. The first kappa shape index (κ1) is 14.9. The summed E-state index contributed by atoms with van der Waals surface area (Å²) in [5.74, 6) is 1.85. The molecule has 1 aromatic carbocycles. The molecule has 3 rings (SSSR count). The van der Waals surface area contributed by atoms with E-state index in [9.17, 15) is 0 Å². The molecule has 0 aromatic heterocycles. The molecule has 0 aliphatic carbocycles. The van der Waals surface area contributed by atoms with Crippen LogP contribution in [0, 0.1) is 5.92 Å². The molecule has 0 amide bonds. The van der Waals surface area contributed by atoms with E-state index >= 15 is 0 Å². The summed E-state index contributed by atoms with van der Waals surface area (Å²) in [5.41, 5.74) is 2.84. The van der Waals surface area contributed by atoms with Gasteiger partial charge in [-0.05, 0) is 75.9 Å². The van der Waals surface area contributed by atoms with E-state index in [0.29, 0.717) is 6.04 Å². The summed E-state index contributed by atoms with van der Waals surface area (Å²) >= 11 is 0. The molecule has 2 aliphatic heterocycles. The number of ether oxygens (including phenoxy) is 1. The van der Waals surface area contributed by atoms with Gasteiger partial charge in [-0.25, -0.2) is 0 Å². The lowest BCUT2D eigenvalue weighted by Crippen LogP contribution is -2.39. The summed E-state index contributed by atoms with van der Waals surface area (Å²) < 4.78 is 6.19. The van der Waals surface area contributed by atoms with Crippen molar-refractivity contribution in [2.45, 2.75) is 45.7 Å². The van der Waals surface area contributed by atoms with E-state index in [-0.39, 0.29) is 0 Å². The van der Waals surface area contributed by atoms with Crippen LogP contribution in [0.5, 0.6) is 5.75 Å². The number of hydrogen-bond donors (Lipinski definition) is 1. The minimum Gasteiger partial charge on any atom is -0.493 e. The van der Waals surface area contributed by atoms with Gasteiger partial charge in [0.1, 0.15) is 5.75 Å². The topological polar surface area (TPSA) is 24.5 Å². The predicted molar refractivity (Wildman–Crippen MR) is 86.8 cm³/mol. The molecule has 3 nitrogen and oxygen atoms in total. The van der Waals surface area contributed by atoms with Crippen LogP contribution in [0.1, 0.15) is 37.8 Å². The fraction of sp³-hybridized carbons (Fsp3) is 0.667. The molecule has 0 saturated carbocycles. The summed E-state index contributed by atoms with van der Waals surface area (Å²) in [5, 5.41) is 3.43. The van der Waals surface area contributed by atoms with Gasteiger partial charge in [0.2, 0.25) is 0 Å². The molecule has 2 aliphatic rings. The van der Waals surface area contributed by atoms with Crippen LogP contribution in [0.2, 0.25) is 0 Å². The Morgan fingerprint density at radius 2 is 2.10 bits per heavy atom. The van der Waals surface area contributed by atoms with Crippen molar-refractivity contribution in [3.8, 4) is 5.75 Å². The molecule has 0 bridgehead atoms. The molecule has 3 heteroatoms. The van der Waals surface area contributed by atoms with Crippen LogP contribution < -0.4 is 10.1 Å². The van der Waals surface area contributed by atoms with Crippen LogP contribution in [-0.2, 0) is 13.0 Å². The number of nitrogens with zero attached hydrogens (tertiary/aromatic N) is 1. The Morgan fingerprint density at radius 3 is 2.86 bits per heavy atom. The zero-order valence-corrected chi connectivity index (χ0v) is 13.4. The van der Waals surface area contributed by atoms with Crippen molar-refractivity contribution in [2.75, 3.05) is 26.2 Å². The summed E-state index contributed by atoms with van der Waals surface area (Å²) in [6, 6.07) is 7.17. The van der Waals surface area contributed by atoms with Crippen molar-refractivity contribution in [2.24, 2.45) is 5.92 Å². The lowest BCUT2D eigenvalue weighted by molar-refractivity contribution is 0.118. The fourth-order valence-corrected chi connectivity index (χ4v) is 3.48. The monoisotopic (exact) mass is 288 g/mol. The Balaban J connectivity index is 1.54. The Kier molecular flexibility index (Phi) is 4.81. The van der Waals surface area contributed by atoms with Gasteiger partial charge in [-0.15, -0.1) is 0 Å². The zero-order chi connectivity index (χ0) is 14.7. The third kappa shape index (κ3) is 3.58. The number of piperidine rings is 1. The first-order valence-electron chi connectivity index (χ1n) is 8.42. The molecule has 1 saturated heterocycles. The molecule has 0 spiro atoms. The van der Waals surface area contributed by atoms with E-state index in [1.807, 2.05) is 0 Å². The van der Waals surface area contributed by atoms with Gasteiger partial charge >= 0.3 is 0 Å². The second-order valence-corrected chi connectivity index (χ2v) is 6.70. The molecule has 0 unspecified atom stereocenters. The molecule has 21 heavy (non-hydrogen) atoms. The van der Waals surface area contributed by atoms with Crippen LogP contribution in [0.15, 0.2) is 18.2 Å². The molecular weight excluding hydrogens is 260 g/mol. The van der Waals surface area contributed by atoms with Gasteiger partial charge in [-0.3, -0.25) is 0 Å². The van der Waals surface area contributed by atoms with Crippen molar-refractivity contribution in [1.29, 1.82) is 0 Å². The third-order valence-electron chi connectivity index (χ3n) is 4.95. The molecule has 0 atom stereocenters. The molecule has 1 fully saturated rings. The van der Waals surface area contributed by atoms with Gasteiger partial charge in [-0.1, -0.05) is 12.1 Å². The summed E-state index contributed by atoms with van der Waals surface area (Å²) in [6.45, 7) is 9.97. The average Bonchev–Trinajstić information content (AvgIpc) is 2.53. The molecule has 2 heterocycles. The second kappa shape index (κ2) is 6.80. The highest BCUT2D eigenvalue weighted by Gasteiger charge is 2.22. The van der Waals surface area contributed by atoms with E-state index in [1.54, 1.807) is 0 Å². The second-order valence-electron chi connectivity index (χ2n) is 6.70. The van der Waals surface area contributed by atoms with E-state index in [4.69, 9.17) is 4.74 Å². The Hall–Kier alpha value is -1.06. The maximum atomic E-state index is 6.19. The molecule has 0 radical (unpaired) electrons. The quantitative estimate of drug-likeness (QED) is 0.922. The van der Waals surface area contributed by atoms with Gasteiger partial charge in [-0.2, -0.15) is 0 Å². The van der Waals surface area contributed by atoms with Crippen LogP contribution in [0.25, 0.3) is 0 Å². The Morgan fingerprint density at radius 1 is 1.29 bits per heavy atom. The smallest absolute Gasteiger partial charge is 0.122 e. The first-order valence-corrected chi connectivity index (χ1v) is 8.42. The molecule has 1 aromatic rings. The highest BCUT2D eigenvalue weighted by molar-refractivity contribution is 5.41. The first-order chi connectivity index (χ1) is 10.2. The molecule has 116 valence electrons. The number of likely N-dealkylation sites (tertiary alicyclic amines) is 1. The summed E-state index contributed by atoms with van der Waals surface area (Å²) in [6.07, 6.45) is 3.64. The van der Waals surface area contributed by atoms with Crippen LogP contribution in [0.3, 0.4) is 0 Å². The van der Waals surface area contributed by atoms with Gasteiger partial charge in [0.25, 0.3) is 0 Å². The lowest BCUT2D eigenvalue weighted by Gasteiger charge is -2.34. The van der Waals surface area contributed by atoms with Crippen molar-refractivity contribution in [1.82, 2.24) is 10.2 Å². The Labute approximate surface area is 128 Å². The minimum atomic E-state index is 0.681. The van der Waals surface area contributed by atoms with Crippen molar-refractivity contribution in [3.05, 3.63) is 29.3 Å². The van der Waals surface area contributed by atoms with Crippen LogP contribution >= 0.6 is 0 Å². The van der Waals surface area contributed by atoms with E-state index in [1.165, 1.54) is 37.1 Å². The number of nitrogens with one attached hydrogen (secondary N) is 1. The zero-order valence-electron chi connectivity index (χ0n) is 13.4. The van der Waals surface area contributed by atoms with Gasteiger partial charge in [0.05, 0.1) is 6.61 Å². The largest absolute Gasteiger partial charge is 0.493 e. The summed E-state index contributed by atoms with van der Waals surface area (Å²) in [4.78, 5) is 2.58. The maximum absolute atomic E-state index is 6.19. The minimum absolute atomic E-state index is 0.681. The highest BCUT2D eigenvalue weighted by atomic mass is 16.5. The fourth-order valence-electron chi connectivity index (χ4n) is 3.48. The number of benzene rings is 1. The highest BCUT2D eigenvalue weighted by Crippen LogP contribution is 2.27. The van der Waals surface area contributed by atoms with Gasteiger partial charge in [0.15, 0.2) is 0 Å². The third-order valence-corrected chi connectivity index (χ3v) is 4.95. The van der Waals surface area contributed by atoms with Crippen molar-refractivity contribution >= 4 is 0 Å². The maximum Gasteiger partial charge on any atom is 0.122 e. The molecular formula is C18H28N2O. The molecule has 1 N–H and O–H groups in total. The van der Waals surface area contributed by atoms with Gasteiger partial charge in [0, 0.05) is 12.6 Å². The van der Waals surface area contributed by atoms with E-state index < -0.39 is 0 Å². The number of rotatable bonds is 4. The van der Waals surface area contributed by atoms with Crippen molar-refractivity contribution in [3.63, 3.8) is 0 Å². The van der Waals surface area contributed by atoms with E-state index in [0.717, 1.165) is 37.8 Å². The number of fused-ring (bicyclic) bond motifs is 1. The van der Waals surface area contributed by atoms with E-state index in [2.05, 4.69) is 42.3 Å². The van der Waals surface area contributed by atoms with Crippen molar-refractivity contribution < 1.29 is 4.74 Å². The Bertz CT molecular complexity index is 464. The van der Waals surface area contributed by atoms with Gasteiger partial charge < -0.3 is 15.0 Å². The summed E-state index contributed by atoms with van der Waals surface area (Å²) in [7, 11) is 0. The lowest BCUT2D eigenvalue weighted by atomic mass is 9.96. The van der Waals surface area contributed by atoms with Crippen LogP contribution in [0.4, 0.5) is 0 Å².